The van der Waals surface area contributed by atoms with E-state index < -0.39 is 5.79 Å². The largest absolute Gasteiger partial charge is 0.347 e. The molecule has 36 heavy (non-hydrogen) atoms. The number of rotatable bonds is 12. The average molecular weight is 488 g/mol. The Kier molecular flexibility index (Phi) is 8.35. The van der Waals surface area contributed by atoms with Crippen molar-refractivity contribution in [3.8, 4) is 22.5 Å². The summed E-state index contributed by atoms with van der Waals surface area (Å²) >= 11 is 0. The predicted octanol–water partition coefficient (Wildman–Crippen LogP) is 4.93. The summed E-state index contributed by atoms with van der Waals surface area (Å²) in [4.78, 5) is 4.84. The molecular formula is C27H33N7O2. The van der Waals surface area contributed by atoms with Crippen LogP contribution in [0.3, 0.4) is 0 Å². The second-order valence-corrected chi connectivity index (χ2v) is 8.53. The minimum atomic E-state index is -0.950. The van der Waals surface area contributed by atoms with Gasteiger partial charge in [0.05, 0.1) is 6.54 Å². The molecule has 188 valence electrons. The summed E-state index contributed by atoms with van der Waals surface area (Å²) in [5, 5.41) is 19.4. The maximum Gasteiger partial charge on any atom is 0.231 e. The third-order valence-corrected chi connectivity index (χ3v) is 6.25. The van der Waals surface area contributed by atoms with Gasteiger partial charge in [-0.2, -0.15) is 5.21 Å². The summed E-state index contributed by atoms with van der Waals surface area (Å²) in [5.41, 5.74) is 4.16. The van der Waals surface area contributed by atoms with E-state index in [0.717, 1.165) is 40.9 Å². The highest BCUT2D eigenvalue weighted by molar-refractivity contribution is 5.80. The molecule has 0 aliphatic heterocycles. The van der Waals surface area contributed by atoms with Crippen molar-refractivity contribution in [3.05, 3.63) is 77.9 Å². The van der Waals surface area contributed by atoms with Crippen LogP contribution in [-0.2, 0) is 28.2 Å². The molecule has 0 fully saturated rings. The Labute approximate surface area is 211 Å². The first kappa shape index (κ1) is 25.4. The fraction of sp³-hybridized carbons (Fsp3) is 0.370. The number of benzene rings is 2. The smallest absolute Gasteiger partial charge is 0.231 e. The number of nitrogens with zero attached hydrogens (tertiary/aromatic N) is 6. The summed E-state index contributed by atoms with van der Waals surface area (Å²) in [7, 11) is 3.30. The molecule has 0 aliphatic rings. The maximum atomic E-state index is 5.81. The average Bonchev–Trinajstić information content (AvgIpc) is 3.60. The highest BCUT2D eigenvalue weighted by atomic mass is 16.7. The summed E-state index contributed by atoms with van der Waals surface area (Å²) in [6.07, 6.45) is 7.45. The van der Waals surface area contributed by atoms with Gasteiger partial charge in [-0.25, -0.2) is 9.67 Å². The van der Waals surface area contributed by atoms with Crippen LogP contribution in [0.1, 0.15) is 50.3 Å². The molecule has 0 radical (unpaired) electrons. The number of ether oxygens (including phenoxy) is 2. The van der Waals surface area contributed by atoms with Crippen molar-refractivity contribution in [1.82, 2.24) is 35.4 Å². The predicted molar refractivity (Wildman–Crippen MR) is 138 cm³/mol. The Morgan fingerprint density at radius 1 is 1.03 bits per heavy atom. The molecular weight excluding hydrogens is 454 g/mol. The van der Waals surface area contributed by atoms with E-state index in [0.29, 0.717) is 31.0 Å². The van der Waals surface area contributed by atoms with Gasteiger partial charge in [0.1, 0.15) is 5.82 Å². The molecule has 9 nitrogen and oxygen atoms in total. The zero-order valence-electron chi connectivity index (χ0n) is 21.3. The van der Waals surface area contributed by atoms with E-state index in [1.165, 1.54) is 0 Å². The van der Waals surface area contributed by atoms with Gasteiger partial charge in [-0.1, -0.05) is 74.0 Å². The first-order valence-electron chi connectivity index (χ1n) is 12.2. The van der Waals surface area contributed by atoms with Crippen LogP contribution in [0.5, 0.6) is 0 Å². The van der Waals surface area contributed by atoms with Gasteiger partial charge in [0.15, 0.2) is 0 Å². The van der Waals surface area contributed by atoms with Crippen LogP contribution in [-0.4, -0.2) is 49.6 Å². The molecule has 0 aliphatic carbocycles. The van der Waals surface area contributed by atoms with Crippen molar-refractivity contribution < 1.29 is 9.47 Å². The van der Waals surface area contributed by atoms with Crippen molar-refractivity contribution in [2.45, 2.75) is 51.9 Å². The molecule has 0 saturated heterocycles. The van der Waals surface area contributed by atoms with Crippen molar-refractivity contribution in [2.24, 2.45) is 0 Å². The van der Waals surface area contributed by atoms with Gasteiger partial charge < -0.3 is 9.47 Å². The van der Waals surface area contributed by atoms with Gasteiger partial charge in [0.25, 0.3) is 0 Å². The molecule has 0 amide bonds. The number of methoxy groups -OCH3 is 2. The second kappa shape index (κ2) is 11.8. The van der Waals surface area contributed by atoms with Crippen LogP contribution in [0.2, 0.25) is 0 Å². The highest BCUT2D eigenvalue weighted by Gasteiger charge is 2.37. The van der Waals surface area contributed by atoms with Crippen LogP contribution in [0, 0.1) is 0 Å². The third kappa shape index (κ3) is 5.42. The lowest BCUT2D eigenvalue weighted by Crippen LogP contribution is -2.32. The molecule has 0 bridgehead atoms. The maximum absolute atomic E-state index is 5.81. The molecule has 2 aromatic heterocycles. The van der Waals surface area contributed by atoms with E-state index in [2.05, 4.69) is 64.0 Å². The molecule has 0 spiro atoms. The number of nitrogens with one attached hydrogen (secondary N) is 1. The van der Waals surface area contributed by atoms with E-state index in [4.69, 9.17) is 19.6 Å². The molecule has 2 aromatic carbocycles. The molecule has 1 N–H and O–H groups in total. The minimum absolute atomic E-state index is 0.561. The van der Waals surface area contributed by atoms with Gasteiger partial charge in [0, 0.05) is 32.6 Å². The first-order chi connectivity index (χ1) is 17.6. The zero-order valence-corrected chi connectivity index (χ0v) is 21.3. The number of unbranched alkanes of at least 4 members (excludes halogenated alkanes) is 1. The number of aromatic nitrogens is 7. The van der Waals surface area contributed by atoms with Crippen LogP contribution < -0.4 is 0 Å². The lowest BCUT2D eigenvalue weighted by Gasteiger charge is -2.27. The summed E-state index contributed by atoms with van der Waals surface area (Å²) in [6.45, 7) is 4.73. The van der Waals surface area contributed by atoms with Gasteiger partial charge in [-0.15, -0.1) is 15.3 Å². The molecule has 9 heteroatoms. The van der Waals surface area contributed by atoms with Crippen molar-refractivity contribution in [3.63, 3.8) is 0 Å². The molecule has 4 rings (SSSR count). The van der Waals surface area contributed by atoms with Crippen LogP contribution in [0.4, 0.5) is 0 Å². The Morgan fingerprint density at radius 2 is 1.78 bits per heavy atom. The van der Waals surface area contributed by atoms with Crippen molar-refractivity contribution in [2.75, 3.05) is 14.2 Å². The van der Waals surface area contributed by atoms with Gasteiger partial charge in [0.2, 0.25) is 17.4 Å². The Hall–Kier alpha value is -3.69. The molecule has 0 saturated carbocycles. The molecule has 0 unspecified atom stereocenters. The lowest BCUT2D eigenvalue weighted by molar-refractivity contribution is -0.226. The van der Waals surface area contributed by atoms with E-state index in [1.807, 2.05) is 35.9 Å². The monoisotopic (exact) mass is 487 g/mol. The SMILES string of the molecule is C/C=C/Cc1nc(C(CCCC)(OC)OC)nn1Cc1ccc(-c2ccccc2-c2nn[nH]n2)cc1. The Bertz CT molecular complexity index is 1260. The summed E-state index contributed by atoms with van der Waals surface area (Å²) in [6, 6.07) is 16.5. The van der Waals surface area contributed by atoms with Crippen molar-refractivity contribution in [1.29, 1.82) is 0 Å². The van der Waals surface area contributed by atoms with Gasteiger partial charge in [-0.05, 0) is 35.2 Å². The Morgan fingerprint density at radius 3 is 2.42 bits per heavy atom. The normalized spacial score (nSPS) is 12.0. The number of allylic oxidation sites excluding steroid dienone is 2. The molecule has 0 atom stereocenters. The van der Waals surface area contributed by atoms with E-state index in [1.54, 1.807) is 14.2 Å². The van der Waals surface area contributed by atoms with E-state index in [9.17, 15) is 0 Å². The van der Waals surface area contributed by atoms with Gasteiger partial charge >= 0.3 is 0 Å². The standard InChI is InChI=1S/C27H33N7O2/c1-5-7-13-24-28-26(27(35-3,36-4)18-8-6-2)31-34(24)19-20-14-16-21(17-15-20)22-11-9-10-12-23(22)25-29-32-33-30-25/h5,7,9-12,14-17H,6,8,13,18-19H2,1-4H3,(H,29,30,32,33)/b7-5+. The van der Waals surface area contributed by atoms with Crippen molar-refractivity contribution >= 4 is 0 Å². The number of hydrogen-bond donors (Lipinski definition) is 1. The van der Waals surface area contributed by atoms with Crippen LogP contribution >= 0.6 is 0 Å². The fourth-order valence-electron chi connectivity index (χ4n) is 4.20. The van der Waals surface area contributed by atoms with E-state index >= 15 is 0 Å². The highest BCUT2D eigenvalue weighted by Crippen LogP contribution is 2.31. The number of H-pyrrole nitrogens is 1. The van der Waals surface area contributed by atoms with Crippen LogP contribution in [0.15, 0.2) is 60.7 Å². The topological polar surface area (TPSA) is 104 Å². The van der Waals surface area contributed by atoms with E-state index in [-0.39, 0.29) is 0 Å². The van der Waals surface area contributed by atoms with Crippen LogP contribution in [0.25, 0.3) is 22.5 Å². The fourth-order valence-corrected chi connectivity index (χ4v) is 4.20. The number of tetrazole rings is 1. The summed E-state index contributed by atoms with van der Waals surface area (Å²) in [5.74, 6) is 1.05. The number of hydrogen-bond acceptors (Lipinski definition) is 7. The molecule has 2 heterocycles. The molecule has 4 aromatic rings. The minimum Gasteiger partial charge on any atom is -0.347 e. The lowest BCUT2D eigenvalue weighted by atomic mass is 9.98. The second-order valence-electron chi connectivity index (χ2n) is 8.53. The zero-order chi connectivity index (χ0) is 25.4. The quantitative estimate of drug-likeness (QED) is 0.223. The summed E-state index contributed by atoms with van der Waals surface area (Å²) < 4.78 is 13.6. The Balaban J connectivity index is 1.62. The van der Waals surface area contributed by atoms with Gasteiger partial charge in [-0.3, -0.25) is 0 Å². The first-order valence-corrected chi connectivity index (χ1v) is 12.2. The number of aromatic amines is 1. The third-order valence-electron chi connectivity index (χ3n) is 6.25.